The quantitative estimate of drug-likeness (QED) is 0.785. The largest absolute Gasteiger partial charge is 0.544 e. The van der Waals surface area contributed by atoms with Crippen LogP contribution in [0.2, 0.25) is 0 Å². The molecule has 6 heteroatoms. The van der Waals surface area contributed by atoms with Gasteiger partial charge in [0.05, 0.1) is 16.5 Å². The third-order valence-electron chi connectivity index (χ3n) is 3.27. The highest BCUT2D eigenvalue weighted by atomic mass is 32.1. The number of nitrogens with zero attached hydrogens (tertiary/aromatic N) is 1. The van der Waals surface area contributed by atoms with E-state index in [9.17, 15) is 14.7 Å². The number of hydrogen-bond acceptors (Lipinski definition) is 6. The Morgan fingerprint density at radius 2 is 1.91 bits per heavy atom. The number of aromatic carboxylic acids is 1. The zero-order valence-electron chi connectivity index (χ0n) is 13.5. The van der Waals surface area contributed by atoms with Crippen molar-refractivity contribution in [3.05, 3.63) is 45.4 Å². The van der Waals surface area contributed by atoms with Crippen LogP contribution in [0.3, 0.4) is 0 Å². The van der Waals surface area contributed by atoms with Crippen molar-refractivity contribution in [3.63, 3.8) is 0 Å². The van der Waals surface area contributed by atoms with E-state index < -0.39 is 5.97 Å². The minimum atomic E-state index is -1.32. The van der Waals surface area contributed by atoms with Gasteiger partial charge in [-0.3, -0.25) is 4.79 Å². The summed E-state index contributed by atoms with van der Waals surface area (Å²) >= 11 is 0.818. The fraction of sp³-hybridized carbons (Fsp3) is 0.353. The summed E-state index contributed by atoms with van der Waals surface area (Å²) in [6, 6.07) is 7.54. The van der Waals surface area contributed by atoms with Crippen LogP contribution in [-0.4, -0.2) is 23.3 Å². The zero-order chi connectivity index (χ0) is 17.2. The number of thiazole rings is 1. The van der Waals surface area contributed by atoms with E-state index in [1.165, 1.54) is 6.92 Å². The normalized spacial score (nSPS) is 11.3. The van der Waals surface area contributed by atoms with Crippen molar-refractivity contribution >= 4 is 23.1 Å². The SMILES string of the molecule is Cc1nc(C(=O)COc2ccccc2C(C)(C)C)sc1C(=O)[O-]. The van der Waals surface area contributed by atoms with Crippen LogP contribution in [0.25, 0.3) is 0 Å². The first-order valence-electron chi connectivity index (χ1n) is 7.14. The molecule has 0 amide bonds. The number of hydrogen-bond donors (Lipinski definition) is 0. The summed E-state index contributed by atoms with van der Waals surface area (Å²) in [6.07, 6.45) is 0. The molecule has 0 saturated heterocycles. The molecule has 1 aromatic carbocycles. The lowest BCUT2D eigenvalue weighted by Crippen LogP contribution is -2.21. The van der Waals surface area contributed by atoms with E-state index >= 15 is 0 Å². The number of carboxylic acids is 1. The molecule has 5 nitrogen and oxygen atoms in total. The summed E-state index contributed by atoms with van der Waals surface area (Å²) in [5, 5.41) is 11.0. The molecule has 0 bridgehead atoms. The van der Waals surface area contributed by atoms with Crippen LogP contribution in [0.1, 0.15) is 51.5 Å². The van der Waals surface area contributed by atoms with Gasteiger partial charge in [-0.15, -0.1) is 11.3 Å². The first-order valence-corrected chi connectivity index (χ1v) is 7.96. The van der Waals surface area contributed by atoms with E-state index in [0.717, 1.165) is 16.9 Å². The molecule has 23 heavy (non-hydrogen) atoms. The van der Waals surface area contributed by atoms with E-state index in [-0.39, 0.29) is 33.4 Å². The topological polar surface area (TPSA) is 79.3 Å². The van der Waals surface area contributed by atoms with Gasteiger partial charge in [-0.25, -0.2) is 4.98 Å². The highest BCUT2D eigenvalue weighted by Crippen LogP contribution is 2.31. The molecule has 0 unspecified atom stereocenters. The standard InChI is InChI=1S/C17H19NO4S/c1-10-14(16(20)21)23-15(18-10)12(19)9-22-13-8-6-5-7-11(13)17(2,3)4/h5-8H,9H2,1-4H3,(H,20,21)/p-1. The predicted octanol–water partition coefficient (Wildman–Crippen LogP) is 2.37. The average molecular weight is 332 g/mol. The summed E-state index contributed by atoms with van der Waals surface area (Å²) in [7, 11) is 0. The van der Waals surface area contributed by atoms with Gasteiger partial charge in [0.25, 0.3) is 0 Å². The van der Waals surface area contributed by atoms with Crippen molar-refractivity contribution in [2.45, 2.75) is 33.1 Å². The lowest BCUT2D eigenvalue weighted by Gasteiger charge is -2.22. The number of rotatable bonds is 5. The smallest absolute Gasteiger partial charge is 0.228 e. The molecule has 1 heterocycles. The van der Waals surface area contributed by atoms with E-state index in [2.05, 4.69) is 25.8 Å². The van der Waals surface area contributed by atoms with E-state index in [0.29, 0.717) is 5.75 Å². The number of ketones is 1. The Morgan fingerprint density at radius 1 is 1.26 bits per heavy atom. The first-order chi connectivity index (χ1) is 10.7. The summed E-state index contributed by atoms with van der Waals surface area (Å²) in [4.78, 5) is 27.0. The maximum atomic E-state index is 12.2. The molecule has 0 spiro atoms. The van der Waals surface area contributed by atoms with Crippen LogP contribution in [0, 0.1) is 6.92 Å². The van der Waals surface area contributed by atoms with Crippen molar-refractivity contribution < 1.29 is 19.4 Å². The fourth-order valence-electron chi connectivity index (χ4n) is 2.12. The number of carbonyl (C=O) groups excluding carboxylic acids is 2. The summed E-state index contributed by atoms with van der Waals surface area (Å²) in [6.45, 7) is 7.54. The molecule has 0 fully saturated rings. The Labute approximate surface area is 138 Å². The monoisotopic (exact) mass is 332 g/mol. The van der Waals surface area contributed by atoms with Crippen LogP contribution >= 0.6 is 11.3 Å². The number of aryl methyl sites for hydroxylation is 1. The maximum Gasteiger partial charge on any atom is 0.228 e. The molecular weight excluding hydrogens is 314 g/mol. The summed E-state index contributed by atoms with van der Waals surface area (Å²) < 4.78 is 5.64. The van der Waals surface area contributed by atoms with Gasteiger partial charge in [0.2, 0.25) is 5.78 Å². The third kappa shape index (κ3) is 3.96. The summed E-state index contributed by atoms with van der Waals surface area (Å²) in [5.41, 5.74) is 1.17. The number of para-hydroxylation sites is 1. The molecule has 0 radical (unpaired) electrons. The Morgan fingerprint density at radius 3 is 2.48 bits per heavy atom. The minimum Gasteiger partial charge on any atom is -0.544 e. The molecule has 2 aromatic rings. The Balaban J connectivity index is 2.14. The molecule has 0 aliphatic carbocycles. The van der Waals surface area contributed by atoms with Gasteiger partial charge in [0.1, 0.15) is 5.75 Å². The van der Waals surface area contributed by atoms with Crippen molar-refractivity contribution in [1.29, 1.82) is 0 Å². The maximum absolute atomic E-state index is 12.2. The molecule has 0 atom stereocenters. The van der Waals surface area contributed by atoms with Crippen molar-refractivity contribution in [3.8, 4) is 5.75 Å². The van der Waals surface area contributed by atoms with Gasteiger partial charge < -0.3 is 14.6 Å². The zero-order valence-corrected chi connectivity index (χ0v) is 14.3. The first kappa shape index (κ1) is 17.1. The van der Waals surface area contributed by atoms with Gasteiger partial charge >= 0.3 is 0 Å². The van der Waals surface area contributed by atoms with Gasteiger partial charge in [-0.05, 0) is 24.0 Å². The molecule has 0 saturated carbocycles. The van der Waals surface area contributed by atoms with Gasteiger partial charge in [-0.1, -0.05) is 39.0 Å². The number of ether oxygens (including phenoxy) is 1. The molecule has 1 aromatic heterocycles. The van der Waals surface area contributed by atoms with Crippen molar-refractivity contribution in [2.24, 2.45) is 0 Å². The second-order valence-electron chi connectivity index (χ2n) is 6.18. The molecule has 0 aliphatic rings. The van der Waals surface area contributed by atoms with Crippen LogP contribution in [0.4, 0.5) is 0 Å². The Bertz CT molecular complexity index is 743. The highest BCUT2D eigenvalue weighted by Gasteiger charge is 2.20. The Hall–Kier alpha value is -2.21. The van der Waals surface area contributed by atoms with Crippen LogP contribution in [0.15, 0.2) is 24.3 Å². The predicted molar refractivity (Wildman–Crippen MR) is 86.1 cm³/mol. The molecular formula is C17H18NO4S-. The second-order valence-corrected chi connectivity index (χ2v) is 7.18. The summed E-state index contributed by atoms with van der Waals surface area (Å²) in [5.74, 6) is -1.03. The number of carboxylic acid groups (broad SMARTS) is 1. The second kappa shape index (κ2) is 6.50. The van der Waals surface area contributed by atoms with Crippen LogP contribution < -0.4 is 9.84 Å². The third-order valence-corrected chi connectivity index (χ3v) is 4.45. The molecule has 0 N–H and O–H groups in total. The van der Waals surface area contributed by atoms with Crippen molar-refractivity contribution in [1.82, 2.24) is 4.98 Å². The van der Waals surface area contributed by atoms with E-state index in [4.69, 9.17) is 4.74 Å². The van der Waals surface area contributed by atoms with E-state index in [1.54, 1.807) is 0 Å². The van der Waals surface area contributed by atoms with Crippen LogP contribution in [0.5, 0.6) is 5.75 Å². The van der Waals surface area contributed by atoms with E-state index in [1.807, 2.05) is 24.3 Å². The van der Waals surface area contributed by atoms with Gasteiger partial charge in [-0.2, -0.15) is 0 Å². The molecule has 122 valence electrons. The van der Waals surface area contributed by atoms with Crippen molar-refractivity contribution in [2.75, 3.05) is 6.61 Å². The number of aromatic nitrogens is 1. The lowest BCUT2D eigenvalue weighted by molar-refractivity contribution is -0.254. The number of Topliss-reactive ketones (excluding diaryl/α,β-unsaturated/α-hetero) is 1. The van der Waals surface area contributed by atoms with Gasteiger partial charge in [0.15, 0.2) is 11.6 Å². The molecule has 2 rings (SSSR count). The molecule has 0 aliphatic heterocycles. The number of benzene rings is 1. The highest BCUT2D eigenvalue weighted by molar-refractivity contribution is 7.15. The Kier molecular flexibility index (Phi) is 4.85. The van der Waals surface area contributed by atoms with Crippen LogP contribution in [-0.2, 0) is 5.41 Å². The fourth-order valence-corrected chi connectivity index (χ4v) is 2.95. The van der Waals surface area contributed by atoms with Gasteiger partial charge in [0, 0.05) is 0 Å². The average Bonchev–Trinajstić information content (AvgIpc) is 2.86. The number of carbonyl (C=O) groups is 2. The lowest BCUT2D eigenvalue weighted by atomic mass is 9.86. The minimum absolute atomic E-state index is 0.0246.